The summed E-state index contributed by atoms with van der Waals surface area (Å²) in [6.07, 6.45) is 0. The van der Waals surface area contributed by atoms with Crippen LogP contribution in [-0.2, 0) is 4.79 Å². The maximum atomic E-state index is 12.4. The minimum Gasteiger partial charge on any atom is -0.495 e. The number of ether oxygens (including phenoxy) is 2. The van der Waals surface area contributed by atoms with Gasteiger partial charge in [0.1, 0.15) is 18.1 Å². The van der Waals surface area contributed by atoms with Gasteiger partial charge in [-0.1, -0.05) is 17.7 Å². The third-order valence-electron chi connectivity index (χ3n) is 4.95. The molecule has 1 fully saturated rings. The molecule has 1 saturated heterocycles. The Morgan fingerprint density at radius 2 is 1.76 bits per heavy atom. The highest BCUT2D eigenvalue weighted by Crippen LogP contribution is 2.25. The number of benzene rings is 2. The number of hydrogen-bond acceptors (Lipinski definition) is 5. The number of nitrogens with zero attached hydrogens (tertiary/aromatic N) is 2. The van der Waals surface area contributed by atoms with E-state index < -0.39 is 0 Å². The maximum Gasteiger partial charge on any atom is 0.238 e. The molecule has 0 bridgehead atoms. The van der Waals surface area contributed by atoms with Gasteiger partial charge >= 0.3 is 0 Å². The van der Waals surface area contributed by atoms with E-state index in [2.05, 4.69) is 15.1 Å². The zero-order valence-electron chi connectivity index (χ0n) is 17.0. The van der Waals surface area contributed by atoms with Crippen LogP contribution in [0.25, 0.3) is 0 Å². The first-order chi connectivity index (χ1) is 14.0. The number of carbonyl (C=O) groups excluding carboxylic acids is 1. The molecule has 0 radical (unpaired) electrons. The van der Waals surface area contributed by atoms with Crippen LogP contribution in [0.15, 0.2) is 42.5 Å². The third kappa shape index (κ3) is 6.63. The number of aryl methyl sites for hydroxylation is 1. The fourth-order valence-electron chi connectivity index (χ4n) is 3.31. The van der Waals surface area contributed by atoms with E-state index in [-0.39, 0.29) is 5.91 Å². The summed E-state index contributed by atoms with van der Waals surface area (Å²) in [5.41, 5.74) is 1.80. The van der Waals surface area contributed by atoms with Crippen LogP contribution >= 0.6 is 11.6 Å². The Labute approximate surface area is 177 Å². The first-order valence-electron chi connectivity index (χ1n) is 9.81. The normalized spacial score (nSPS) is 15.1. The van der Waals surface area contributed by atoms with Crippen molar-refractivity contribution >= 4 is 23.2 Å². The Morgan fingerprint density at radius 3 is 2.45 bits per heavy atom. The Balaban J connectivity index is 1.37. The summed E-state index contributed by atoms with van der Waals surface area (Å²) in [6.45, 7) is 7.43. The Kier molecular flexibility index (Phi) is 7.75. The number of anilines is 1. The van der Waals surface area contributed by atoms with Crippen molar-refractivity contribution in [1.82, 2.24) is 9.80 Å². The Hall–Kier alpha value is -2.28. The molecule has 7 heteroatoms. The summed E-state index contributed by atoms with van der Waals surface area (Å²) < 4.78 is 11.1. The average Bonchev–Trinajstić information content (AvgIpc) is 2.71. The highest BCUT2D eigenvalue weighted by Gasteiger charge is 2.19. The SMILES string of the molecule is COc1ccc(C)cc1NC(=O)CN1CCN(CCOc2ccc(Cl)cc2)CC1. The number of piperazine rings is 1. The molecule has 0 spiro atoms. The number of carbonyl (C=O) groups is 1. The van der Waals surface area contributed by atoms with Gasteiger partial charge in [0.25, 0.3) is 0 Å². The van der Waals surface area contributed by atoms with Crippen LogP contribution in [0, 0.1) is 6.92 Å². The summed E-state index contributed by atoms with van der Waals surface area (Å²) in [5, 5.41) is 3.68. The second-order valence-electron chi connectivity index (χ2n) is 7.17. The van der Waals surface area contributed by atoms with E-state index in [4.69, 9.17) is 21.1 Å². The van der Waals surface area contributed by atoms with E-state index in [1.807, 2.05) is 49.4 Å². The van der Waals surface area contributed by atoms with Crippen LogP contribution < -0.4 is 14.8 Å². The largest absolute Gasteiger partial charge is 0.495 e. The molecule has 0 atom stereocenters. The van der Waals surface area contributed by atoms with Crippen molar-refractivity contribution in [2.45, 2.75) is 6.92 Å². The summed E-state index contributed by atoms with van der Waals surface area (Å²) in [7, 11) is 1.61. The lowest BCUT2D eigenvalue weighted by atomic mass is 10.2. The highest BCUT2D eigenvalue weighted by molar-refractivity contribution is 6.30. The molecule has 1 heterocycles. The van der Waals surface area contributed by atoms with Crippen molar-refractivity contribution in [3.63, 3.8) is 0 Å². The van der Waals surface area contributed by atoms with E-state index in [0.29, 0.717) is 23.9 Å². The molecule has 29 heavy (non-hydrogen) atoms. The van der Waals surface area contributed by atoms with Gasteiger partial charge < -0.3 is 14.8 Å². The van der Waals surface area contributed by atoms with Crippen molar-refractivity contribution < 1.29 is 14.3 Å². The third-order valence-corrected chi connectivity index (χ3v) is 5.20. The average molecular weight is 418 g/mol. The zero-order valence-corrected chi connectivity index (χ0v) is 17.7. The molecule has 2 aromatic rings. The molecular weight excluding hydrogens is 390 g/mol. The lowest BCUT2D eigenvalue weighted by Gasteiger charge is -2.34. The number of hydrogen-bond donors (Lipinski definition) is 1. The zero-order chi connectivity index (χ0) is 20.6. The van der Waals surface area contributed by atoms with Gasteiger partial charge in [-0.3, -0.25) is 14.6 Å². The van der Waals surface area contributed by atoms with Gasteiger partial charge in [0.05, 0.1) is 19.3 Å². The summed E-state index contributed by atoms with van der Waals surface area (Å²) in [6, 6.07) is 13.2. The molecule has 1 aliphatic rings. The van der Waals surface area contributed by atoms with Crippen molar-refractivity contribution in [1.29, 1.82) is 0 Å². The number of amides is 1. The first-order valence-corrected chi connectivity index (χ1v) is 10.2. The van der Waals surface area contributed by atoms with Crippen molar-refractivity contribution in [2.75, 3.05) is 58.3 Å². The lowest BCUT2D eigenvalue weighted by molar-refractivity contribution is -0.117. The molecule has 0 aliphatic carbocycles. The fourth-order valence-corrected chi connectivity index (χ4v) is 3.43. The summed E-state index contributed by atoms with van der Waals surface area (Å²) in [4.78, 5) is 17.0. The summed E-state index contributed by atoms with van der Waals surface area (Å²) in [5.74, 6) is 1.49. The van der Waals surface area contributed by atoms with Crippen molar-refractivity contribution in [3.8, 4) is 11.5 Å². The molecule has 6 nitrogen and oxygen atoms in total. The van der Waals surface area contributed by atoms with Gasteiger partial charge in [-0.05, 0) is 48.9 Å². The number of nitrogens with one attached hydrogen (secondary N) is 1. The number of halogens is 1. The summed E-state index contributed by atoms with van der Waals surface area (Å²) >= 11 is 5.88. The van der Waals surface area contributed by atoms with Gasteiger partial charge in [-0.25, -0.2) is 0 Å². The predicted octanol–water partition coefficient (Wildman–Crippen LogP) is 3.29. The standard InChI is InChI=1S/C22H28ClN3O3/c1-17-3-8-21(28-2)20(15-17)24-22(27)16-26-11-9-25(10-12-26)13-14-29-19-6-4-18(23)5-7-19/h3-8,15H,9-14,16H2,1-2H3,(H,24,27). The van der Waals surface area contributed by atoms with Gasteiger partial charge in [0, 0.05) is 37.7 Å². The second-order valence-corrected chi connectivity index (χ2v) is 7.61. The van der Waals surface area contributed by atoms with E-state index in [0.717, 1.165) is 49.7 Å². The molecule has 156 valence electrons. The van der Waals surface area contributed by atoms with Crippen molar-refractivity contribution in [2.24, 2.45) is 0 Å². The number of methoxy groups -OCH3 is 1. The van der Waals surface area contributed by atoms with Gasteiger partial charge in [-0.15, -0.1) is 0 Å². The van der Waals surface area contributed by atoms with Gasteiger partial charge in [0.15, 0.2) is 0 Å². The predicted molar refractivity (Wildman–Crippen MR) is 116 cm³/mol. The molecule has 1 N–H and O–H groups in total. The number of rotatable bonds is 8. The molecule has 3 rings (SSSR count). The topological polar surface area (TPSA) is 54.0 Å². The van der Waals surface area contributed by atoms with Crippen molar-refractivity contribution in [3.05, 3.63) is 53.1 Å². The Morgan fingerprint density at radius 1 is 1.07 bits per heavy atom. The van der Waals surface area contributed by atoms with Gasteiger partial charge in [-0.2, -0.15) is 0 Å². The van der Waals surface area contributed by atoms with Crippen LogP contribution in [0.2, 0.25) is 5.02 Å². The maximum absolute atomic E-state index is 12.4. The minimum atomic E-state index is -0.0200. The fraction of sp³-hybridized carbons (Fsp3) is 0.409. The molecule has 2 aromatic carbocycles. The second kappa shape index (κ2) is 10.5. The van der Waals surface area contributed by atoms with E-state index in [1.165, 1.54) is 0 Å². The molecular formula is C22H28ClN3O3. The van der Waals surface area contributed by atoms with Crippen LogP contribution in [0.1, 0.15) is 5.56 Å². The van der Waals surface area contributed by atoms with E-state index in [9.17, 15) is 4.79 Å². The minimum absolute atomic E-state index is 0.0200. The lowest BCUT2D eigenvalue weighted by Crippen LogP contribution is -2.49. The highest BCUT2D eigenvalue weighted by atomic mass is 35.5. The van der Waals surface area contributed by atoms with E-state index >= 15 is 0 Å². The van der Waals surface area contributed by atoms with Crippen LogP contribution in [0.4, 0.5) is 5.69 Å². The molecule has 0 saturated carbocycles. The molecule has 0 aromatic heterocycles. The van der Waals surface area contributed by atoms with Crippen LogP contribution in [0.5, 0.6) is 11.5 Å². The van der Waals surface area contributed by atoms with Gasteiger partial charge in [0.2, 0.25) is 5.91 Å². The first kappa shape index (κ1) is 21.4. The molecule has 1 aliphatic heterocycles. The van der Waals surface area contributed by atoms with Crippen LogP contribution in [-0.4, -0.2) is 68.7 Å². The molecule has 1 amide bonds. The quantitative estimate of drug-likeness (QED) is 0.714. The van der Waals surface area contributed by atoms with E-state index in [1.54, 1.807) is 7.11 Å². The molecule has 0 unspecified atom stereocenters. The van der Waals surface area contributed by atoms with Crippen LogP contribution in [0.3, 0.4) is 0 Å². The Bertz CT molecular complexity index is 805. The smallest absolute Gasteiger partial charge is 0.238 e. The monoisotopic (exact) mass is 417 g/mol.